The first-order chi connectivity index (χ1) is 9.76. The van der Waals surface area contributed by atoms with Gasteiger partial charge in [-0.3, -0.25) is 4.79 Å². The van der Waals surface area contributed by atoms with Gasteiger partial charge in [-0.25, -0.2) is 4.79 Å². The maximum atomic E-state index is 11.9. The Morgan fingerprint density at radius 1 is 1.24 bits per heavy atom. The third-order valence-electron chi connectivity index (χ3n) is 2.58. The van der Waals surface area contributed by atoms with Crippen LogP contribution >= 0.6 is 8.58 Å². The Hall–Kier alpha value is -1.41. The van der Waals surface area contributed by atoms with Gasteiger partial charge < -0.3 is 10.1 Å². The fourth-order valence-electron chi connectivity index (χ4n) is 1.81. The minimum absolute atomic E-state index is 0.0342. The molecular formula is C16H24NO3P. The van der Waals surface area contributed by atoms with E-state index in [9.17, 15) is 9.59 Å². The molecule has 0 fully saturated rings. The van der Waals surface area contributed by atoms with Crippen molar-refractivity contribution in [1.29, 1.82) is 0 Å². The number of ether oxygens (including phenoxy) is 1. The molecule has 0 aliphatic heterocycles. The summed E-state index contributed by atoms with van der Waals surface area (Å²) in [6.45, 7) is 7.46. The van der Waals surface area contributed by atoms with Crippen molar-refractivity contribution in [3.8, 4) is 0 Å². The summed E-state index contributed by atoms with van der Waals surface area (Å²) in [6, 6.07) is 10.1. The molecule has 1 amide bonds. The van der Waals surface area contributed by atoms with E-state index in [2.05, 4.69) is 24.4 Å². The number of alkyl carbamates (subject to hydrolysis) is 1. The number of carbonyl (C=O) groups excluding carboxylic acids is 2. The highest BCUT2D eigenvalue weighted by Crippen LogP contribution is 2.23. The maximum absolute atomic E-state index is 11.9. The molecule has 1 rings (SSSR count). The molecule has 0 aromatic heterocycles. The average Bonchev–Trinajstić information content (AvgIpc) is 2.35. The summed E-state index contributed by atoms with van der Waals surface area (Å²) in [5.74, 6) is 0. The van der Waals surface area contributed by atoms with Crippen molar-refractivity contribution in [3.63, 3.8) is 0 Å². The lowest BCUT2D eigenvalue weighted by Crippen LogP contribution is -2.34. The highest BCUT2D eigenvalue weighted by molar-refractivity contribution is 7.58. The van der Waals surface area contributed by atoms with Gasteiger partial charge in [-0.05, 0) is 47.0 Å². The summed E-state index contributed by atoms with van der Waals surface area (Å²) in [6.07, 6.45) is 0.327. The van der Waals surface area contributed by atoms with Crippen molar-refractivity contribution in [2.75, 3.05) is 6.54 Å². The summed E-state index contributed by atoms with van der Waals surface area (Å²) in [5.41, 5.74) is 1.01. The van der Waals surface area contributed by atoms with Crippen LogP contribution < -0.4 is 5.32 Å². The molecule has 116 valence electrons. The minimum atomic E-state index is -0.546. The predicted molar refractivity (Wildman–Crippen MR) is 87.2 cm³/mol. The molecule has 0 radical (unpaired) electrons. The zero-order valence-electron chi connectivity index (χ0n) is 13.1. The standard InChI is InChI=1S/C16H24NO3P/c1-12(10-13-8-6-5-7-9-13)21-14(18)11-17-15(19)20-16(2,3)4/h5-9,12,21H,10-11H2,1-4H3,(H,17,19)/t12-/m1/s1. The summed E-state index contributed by atoms with van der Waals surface area (Å²) in [4.78, 5) is 23.3. The minimum Gasteiger partial charge on any atom is -0.444 e. The Morgan fingerprint density at radius 3 is 2.43 bits per heavy atom. The van der Waals surface area contributed by atoms with Gasteiger partial charge >= 0.3 is 6.09 Å². The van der Waals surface area contributed by atoms with Crippen LogP contribution in [0.15, 0.2) is 30.3 Å². The van der Waals surface area contributed by atoms with Gasteiger partial charge in [0.2, 0.25) is 0 Å². The second-order valence-electron chi connectivity index (χ2n) is 6.01. The van der Waals surface area contributed by atoms with E-state index in [1.54, 1.807) is 20.8 Å². The normalized spacial score (nSPS) is 13.1. The van der Waals surface area contributed by atoms with E-state index in [1.165, 1.54) is 5.56 Å². The Kier molecular flexibility index (Phi) is 6.83. The van der Waals surface area contributed by atoms with Crippen molar-refractivity contribution in [3.05, 3.63) is 35.9 Å². The molecule has 0 spiro atoms. The molecule has 0 bridgehead atoms. The lowest BCUT2D eigenvalue weighted by molar-refractivity contribution is -0.110. The summed E-state index contributed by atoms with van der Waals surface area (Å²) >= 11 is 0. The molecule has 4 nitrogen and oxygen atoms in total. The number of hydrogen-bond donors (Lipinski definition) is 1. The largest absolute Gasteiger partial charge is 0.444 e. The van der Waals surface area contributed by atoms with E-state index in [0.717, 1.165) is 6.42 Å². The molecule has 21 heavy (non-hydrogen) atoms. The lowest BCUT2D eigenvalue weighted by Gasteiger charge is -2.19. The number of carbonyl (C=O) groups is 2. The van der Waals surface area contributed by atoms with Gasteiger partial charge in [-0.15, -0.1) is 0 Å². The quantitative estimate of drug-likeness (QED) is 0.820. The van der Waals surface area contributed by atoms with Crippen LogP contribution in [0.25, 0.3) is 0 Å². The zero-order valence-corrected chi connectivity index (χ0v) is 14.1. The first-order valence-electron chi connectivity index (χ1n) is 7.06. The predicted octanol–water partition coefficient (Wildman–Crippen LogP) is 3.35. The van der Waals surface area contributed by atoms with Gasteiger partial charge in [-0.2, -0.15) is 0 Å². The Bertz CT molecular complexity index is 468. The van der Waals surface area contributed by atoms with Crippen molar-refractivity contribution < 1.29 is 14.3 Å². The summed E-state index contributed by atoms with van der Waals surface area (Å²) in [7, 11) is 0.184. The fourth-order valence-corrected chi connectivity index (χ4v) is 2.89. The van der Waals surface area contributed by atoms with E-state index in [4.69, 9.17) is 4.74 Å². The molecule has 2 atom stereocenters. The van der Waals surface area contributed by atoms with Gasteiger partial charge in [0, 0.05) is 0 Å². The molecule has 0 aliphatic rings. The van der Waals surface area contributed by atoms with Gasteiger partial charge in [-0.1, -0.05) is 37.3 Å². The first-order valence-corrected chi connectivity index (χ1v) is 8.14. The summed E-state index contributed by atoms with van der Waals surface area (Å²) in [5, 5.41) is 2.50. The summed E-state index contributed by atoms with van der Waals surface area (Å²) < 4.78 is 5.09. The van der Waals surface area contributed by atoms with E-state index < -0.39 is 11.7 Å². The Balaban J connectivity index is 2.29. The Labute approximate surface area is 128 Å². The van der Waals surface area contributed by atoms with Crippen molar-refractivity contribution in [2.45, 2.75) is 45.4 Å². The van der Waals surface area contributed by atoms with Crippen LogP contribution in [0.4, 0.5) is 4.79 Å². The monoisotopic (exact) mass is 309 g/mol. The average molecular weight is 309 g/mol. The molecular weight excluding hydrogens is 285 g/mol. The molecule has 0 heterocycles. The number of rotatable bonds is 6. The third-order valence-corrected chi connectivity index (χ3v) is 3.78. The van der Waals surface area contributed by atoms with E-state index in [-0.39, 0.29) is 26.3 Å². The van der Waals surface area contributed by atoms with Gasteiger partial charge in [0.15, 0.2) is 5.52 Å². The molecule has 1 N–H and O–H groups in total. The fraction of sp³-hybridized carbons (Fsp3) is 0.500. The van der Waals surface area contributed by atoms with Crippen LogP contribution in [0.1, 0.15) is 33.3 Å². The van der Waals surface area contributed by atoms with Gasteiger partial charge in [0.05, 0.1) is 6.54 Å². The van der Waals surface area contributed by atoms with Gasteiger partial charge in [0.25, 0.3) is 0 Å². The van der Waals surface area contributed by atoms with Crippen LogP contribution in [0.2, 0.25) is 0 Å². The van der Waals surface area contributed by atoms with Crippen LogP contribution in [-0.2, 0) is 16.0 Å². The second kappa shape index (κ2) is 8.14. The number of nitrogens with one attached hydrogen (secondary N) is 1. The Morgan fingerprint density at radius 2 is 1.86 bits per heavy atom. The zero-order chi connectivity index (χ0) is 15.9. The van der Waals surface area contributed by atoms with E-state index >= 15 is 0 Å². The topological polar surface area (TPSA) is 55.4 Å². The smallest absolute Gasteiger partial charge is 0.408 e. The van der Waals surface area contributed by atoms with E-state index in [0.29, 0.717) is 0 Å². The third kappa shape index (κ3) is 8.46. The molecule has 5 heteroatoms. The first kappa shape index (κ1) is 17.6. The number of hydrogen-bond acceptors (Lipinski definition) is 3. The molecule has 1 unspecified atom stereocenters. The number of benzene rings is 1. The lowest BCUT2D eigenvalue weighted by atomic mass is 10.1. The molecule has 0 aliphatic carbocycles. The van der Waals surface area contributed by atoms with Crippen LogP contribution in [0.3, 0.4) is 0 Å². The number of amides is 1. The van der Waals surface area contributed by atoms with Crippen LogP contribution in [0, 0.1) is 0 Å². The molecule has 0 saturated heterocycles. The van der Waals surface area contributed by atoms with E-state index in [1.807, 2.05) is 18.2 Å². The van der Waals surface area contributed by atoms with Crippen LogP contribution in [0.5, 0.6) is 0 Å². The SMILES string of the molecule is C[C@H](Cc1ccccc1)PC(=O)CNC(=O)OC(C)(C)C. The second-order valence-corrected chi connectivity index (χ2v) is 7.85. The van der Waals surface area contributed by atoms with Crippen molar-refractivity contribution in [2.24, 2.45) is 0 Å². The highest BCUT2D eigenvalue weighted by atomic mass is 31.1. The molecule has 0 saturated carbocycles. The van der Waals surface area contributed by atoms with Crippen molar-refractivity contribution >= 4 is 20.2 Å². The highest BCUT2D eigenvalue weighted by Gasteiger charge is 2.17. The molecule has 1 aromatic carbocycles. The van der Waals surface area contributed by atoms with Gasteiger partial charge in [0.1, 0.15) is 5.60 Å². The molecule has 1 aromatic rings. The van der Waals surface area contributed by atoms with Crippen LogP contribution in [-0.4, -0.2) is 29.4 Å². The maximum Gasteiger partial charge on any atom is 0.408 e. The van der Waals surface area contributed by atoms with Crippen molar-refractivity contribution in [1.82, 2.24) is 5.32 Å².